The maximum atomic E-state index is 11.0. The van der Waals surface area contributed by atoms with Crippen molar-refractivity contribution in [2.45, 2.75) is 30.1 Å². The molecule has 0 aliphatic carbocycles. The number of nitrogens with zero attached hydrogens (tertiary/aromatic N) is 2. The van der Waals surface area contributed by atoms with Crippen LogP contribution in [-0.2, 0) is 11.2 Å². The molecule has 0 radical (unpaired) electrons. The predicted molar refractivity (Wildman–Crippen MR) is 65.1 cm³/mol. The van der Waals surface area contributed by atoms with Crippen molar-refractivity contribution in [2.75, 3.05) is 12.8 Å². The zero-order chi connectivity index (χ0) is 12.2. The van der Waals surface area contributed by atoms with Gasteiger partial charge in [-0.1, -0.05) is 18.7 Å². The van der Waals surface area contributed by atoms with Gasteiger partial charge in [0.15, 0.2) is 4.34 Å². The molecule has 16 heavy (non-hydrogen) atoms. The lowest BCUT2D eigenvalue weighted by atomic mass is 10.1. The Bertz CT molecular complexity index is 369. The molecule has 1 rings (SSSR count). The second kappa shape index (κ2) is 5.60. The number of aromatic nitrogens is 2. The summed E-state index contributed by atoms with van der Waals surface area (Å²) in [5, 5.41) is 11.9. The highest BCUT2D eigenvalue weighted by molar-refractivity contribution is 8.01. The standard InChI is InChI=1S/C9H15N3O2S2/c1-4-6-11-8(16-12-6)15-5-9(2,10-3)7(13)14/h10H,4-5H2,1-3H3,(H,13,14). The summed E-state index contributed by atoms with van der Waals surface area (Å²) in [6.45, 7) is 3.65. The van der Waals surface area contributed by atoms with Crippen molar-refractivity contribution >= 4 is 29.3 Å². The molecule has 0 bridgehead atoms. The van der Waals surface area contributed by atoms with E-state index < -0.39 is 11.5 Å². The van der Waals surface area contributed by atoms with E-state index in [-0.39, 0.29) is 0 Å². The van der Waals surface area contributed by atoms with Crippen molar-refractivity contribution in [3.05, 3.63) is 5.82 Å². The first-order valence-electron chi connectivity index (χ1n) is 4.89. The number of nitrogens with one attached hydrogen (secondary N) is 1. The first-order chi connectivity index (χ1) is 7.51. The highest BCUT2D eigenvalue weighted by Crippen LogP contribution is 2.24. The third kappa shape index (κ3) is 3.16. The summed E-state index contributed by atoms with van der Waals surface area (Å²) in [7, 11) is 1.65. The maximum absolute atomic E-state index is 11.0. The molecule has 0 fully saturated rings. The third-order valence-electron chi connectivity index (χ3n) is 2.27. The van der Waals surface area contributed by atoms with Crippen molar-refractivity contribution in [1.82, 2.24) is 14.7 Å². The Morgan fingerprint density at radius 3 is 2.81 bits per heavy atom. The molecule has 0 aliphatic rings. The van der Waals surface area contributed by atoms with E-state index in [1.54, 1.807) is 14.0 Å². The van der Waals surface area contributed by atoms with E-state index in [0.29, 0.717) is 5.75 Å². The summed E-state index contributed by atoms with van der Waals surface area (Å²) >= 11 is 2.74. The molecule has 1 unspecified atom stereocenters. The van der Waals surface area contributed by atoms with Crippen LogP contribution < -0.4 is 5.32 Å². The van der Waals surface area contributed by atoms with E-state index in [4.69, 9.17) is 5.11 Å². The fourth-order valence-corrected chi connectivity index (χ4v) is 2.74. The lowest BCUT2D eigenvalue weighted by molar-refractivity contribution is -0.142. The number of carbonyl (C=O) groups is 1. The Balaban J connectivity index is 2.59. The van der Waals surface area contributed by atoms with Crippen molar-refractivity contribution in [2.24, 2.45) is 0 Å². The molecule has 0 saturated carbocycles. The summed E-state index contributed by atoms with van der Waals surface area (Å²) in [4.78, 5) is 15.3. The fourth-order valence-electron chi connectivity index (χ4n) is 0.887. The molecule has 0 saturated heterocycles. The number of likely N-dealkylation sites (N-methyl/N-ethyl adjacent to an activating group) is 1. The first kappa shape index (κ1) is 13.4. The Morgan fingerprint density at radius 1 is 1.69 bits per heavy atom. The Hall–Kier alpha value is -0.660. The third-order valence-corrected chi connectivity index (χ3v) is 4.46. The molecule has 0 amide bonds. The molecule has 2 N–H and O–H groups in total. The van der Waals surface area contributed by atoms with Crippen LogP contribution in [0.5, 0.6) is 0 Å². The van der Waals surface area contributed by atoms with Gasteiger partial charge in [0.05, 0.1) is 0 Å². The van der Waals surface area contributed by atoms with Gasteiger partial charge in [0.1, 0.15) is 11.4 Å². The summed E-state index contributed by atoms with van der Waals surface area (Å²) in [6.07, 6.45) is 0.805. The Kier molecular flexibility index (Phi) is 4.69. The molecular weight excluding hydrogens is 246 g/mol. The van der Waals surface area contributed by atoms with Gasteiger partial charge in [-0.3, -0.25) is 4.79 Å². The smallest absolute Gasteiger partial charge is 0.324 e. The van der Waals surface area contributed by atoms with E-state index in [1.807, 2.05) is 6.92 Å². The number of hydrogen-bond acceptors (Lipinski definition) is 6. The van der Waals surface area contributed by atoms with E-state index in [0.717, 1.165) is 16.6 Å². The number of carboxylic acid groups (broad SMARTS) is 1. The average molecular weight is 261 g/mol. The van der Waals surface area contributed by atoms with Gasteiger partial charge < -0.3 is 10.4 Å². The van der Waals surface area contributed by atoms with Crippen LogP contribution in [0.15, 0.2) is 4.34 Å². The van der Waals surface area contributed by atoms with Gasteiger partial charge in [-0.05, 0) is 25.5 Å². The van der Waals surface area contributed by atoms with E-state index in [1.165, 1.54) is 23.3 Å². The maximum Gasteiger partial charge on any atom is 0.324 e. The molecule has 1 aromatic heterocycles. The van der Waals surface area contributed by atoms with Crippen LogP contribution >= 0.6 is 23.3 Å². The summed E-state index contributed by atoms with van der Waals surface area (Å²) in [5.41, 5.74) is -0.928. The van der Waals surface area contributed by atoms with Crippen LogP contribution in [0.2, 0.25) is 0 Å². The average Bonchev–Trinajstić information content (AvgIpc) is 2.73. The molecule has 7 heteroatoms. The SMILES string of the molecule is CCc1nsc(SCC(C)(NC)C(=O)O)n1. The number of aryl methyl sites for hydroxylation is 1. The van der Waals surface area contributed by atoms with Crippen molar-refractivity contribution in [3.8, 4) is 0 Å². The molecule has 1 heterocycles. The molecular formula is C9H15N3O2S2. The number of aliphatic carboxylic acids is 1. The molecule has 1 atom stereocenters. The first-order valence-corrected chi connectivity index (χ1v) is 6.65. The largest absolute Gasteiger partial charge is 0.480 e. The van der Waals surface area contributed by atoms with Gasteiger partial charge in [0, 0.05) is 12.2 Å². The molecule has 1 aromatic rings. The number of rotatable bonds is 6. The van der Waals surface area contributed by atoms with Crippen LogP contribution in [0.3, 0.4) is 0 Å². The molecule has 0 aliphatic heterocycles. The van der Waals surface area contributed by atoms with E-state index in [2.05, 4.69) is 14.7 Å². The number of thioether (sulfide) groups is 1. The quantitative estimate of drug-likeness (QED) is 0.751. The zero-order valence-electron chi connectivity index (χ0n) is 9.48. The number of hydrogen-bond donors (Lipinski definition) is 2. The highest BCUT2D eigenvalue weighted by Gasteiger charge is 2.31. The minimum Gasteiger partial charge on any atom is -0.480 e. The van der Waals surface area contributed by atoms with Gasteiger partial charge in [0.2, 0.25) is 0 Å². The van der Waals surface area contributed by atoms with Crippen molar-refractivity contribution < 1.29 is 9.90 Å². The Morgan fingerprint density at radius 2 is 2.38 bits per heavy atom. The van der Waals surface area contributed by atoms with Crippen LogP contribution in [0.25, 0.3) is 0 Å². The van der Waals surface area contributed by atoms with Crippen LogP contribution in [0, 0.1) is 0 Å². The van der Waals surface area contributed by atoms with Crippen molar-refractivity contribution in [3.63, 3.8) is 0 Å². The summed E-state index contributed by atoms with van der Waals surface area (Å²) in [6, 6.07) is 0. The fraction of sp³-hybridized carbons (Fsp3) is 0.667. The summed E-state index contributed by atoms with van der Waals surface area (Å²) < 4.78 is 4.97. The normalized spacial score (nSPS) is 14.7. The molecule has 90 valence electrons. The van der Waals surface area contributed by atoms with Gasteiger partial charge in [-0.25, -0.2) is 4.98 Å². The van der Waals surface area contributed by atoms with E-state index >= 15 is 0 Å². The molecule has 5 nitrogen and oxygen atoms in total. The second-order valence-corrected chi connectivity index (χ2v) is 5.48. The van der Waals surface area contributed by atoms with Crippen LogP contribution in [0.1, 0.15) is 19.7 Å². The molecule has 0 spiro atoms. The van der Waals surface area contributed by atoms with Crippen molar-refractivity contribution in [1.29, 1.82) is 0 Å². The molecule has 0 aromatic carbocycles. The zero-order valence-corrected chi connectivity index (χ0v) is 11.1. The number of carboxylic acids is 1. The van der Waals surface area contributed by atoms with Gasteiger partial charge in [-0.2, -0.15) is 4.37 Å². The van der Waals surface area contributed by atoms with Gasteiger partial charge in [-0.15, -0.1) is 0 Å². The van der Waals surface area contributed by atoms with Crippen LogP contribution in [-0.4, -0.2) is 38.8 Å². The monoisotopic (exact) mass is 261 g/mol. The lowest BCUT2D eigenvalue weighted by Crippen LogP contribution is -2.49. The summed E-state index contributed by atoms with van der Waals surface area (Å²) in [5.74, 6) is 0.383. The van der Waals surface area contributed by atoms with E-state index in [9.17, 15) is 4.79 Å². The van der Waals surface area contributed by atoms with Crippen LogP contribution in [0.4, 0.5) is 0 Å². The van der Waals surface area contributed by atoms with Gasteiger partial charge in [0.25, 0.3) is 0 Å². The predicted octanol–water partition coefficient (Wildman–Crippen LogP) is 1.26. The Labute approximate surface area is 103 Å². The van der Waals surface area contributed by atoms with Gasteiger partial charge >= 0.3 is 5.97 Å². The topological polar surface area (TPSA) is 75.1 Å². The minimum absolute atomic E-state index is 0.428. The minimum atomic E-state index is -0.928. The highest BCUT2D eigenvalue weighted by atomic mass is 32.2. The lowest BCUT2D eigenvalue weighted by Gasteiger charge is -2.22. The second-order valence-electron chi connectivity index (χ2n) is 3.51.